The number of furan rings is 1. The SMILES string of the molecule is O=C(CCN1C(=O)C(=Cc2ccco2)SC1=S)N(CCO)Cc1ccccc1. The first-order chi connectivity index (χ1) is 13.6. The smallest absolute Gasteiger partial charge is 0.266 e. The van der Waals surface area contributed by atoms with E-state index in [1.54, 1.807) is 23.1 Å². The maximum Gasteiger partial charge on any atom is 0.266 e. The highest BCUT2D eigenvalue weighted by Crippen LogP contribution is 2.32. The molecule has 1 fully saturated rings. The van der Waals surface area contributed by atoms with Crippen molar-refractivity contribution in [2.45, 2.75) is 13.0 Å². The number of aliphatic hydroxyl groups is 1. The molecule has 146 valence electrons. The lowest BCUT2D eigenvalue weighted by Gasteiger charge is -2.23. The lowest BCUT2D eigenvalue weighted by molar-refractivity contribution is -0.132. The van der Waals surface area contributed by atoms with E-state index in [1.807, 2.05) is 30.3 Å². The van der Waals surface area contributed by atoms with Crippen LogP contribution in [0.3, 0.4) is 0 Å². The molecule has 0 radical (unpaired) electrons. The Morgan fingerprint density at radius 1 is 1.25 bits per heavy atom. The van der Waals surface area contributed by atoms with Crippen LogP contribution < -0.4 is 0 Å². The van der Waals surface area contributed by atoms with E-state index in [1.165, 1.54) is 22.9 Å². The first-order valence-electron chi connectivity index (χ1n) is 8.80. The standard InChI is InChI=1S/C20H20N2O4S2/c23-11-10-21(14-15-5-2-1-3-6-15)18(24)8-9-22-19(25)17(28-20(22)27)13-16-7-4-12-26-16/h1-7,12-13,23H,8-11,14H2. The Bertz CT molecular complexity index is 866. The molecule has 0 bridgehead atoms. The lowest BCUT2D eigenvalue weighted by atomic mass is 10.2. The monoisotopic (exact) mass is 416 g/mol. The first kappa shape index (κ1) is 20.3. The van der Waals surface area contributed by atoms with Crippen molar-refractivity contribution in [2.75, 3.05) is 19.7 Å². The number of hydrogen-bond donors (Lipinski definition) is 1. The predicted octanol–water partition coefficient (Wildman–Crippen LogP) is 2.89. The minimum absolute atomic E-state index is 0.120. The fourth-order valence-corrected chi connectivity index (χ4v) is 4.07. The van der Waals surface area contributed by atoms with E-state index in [4.69, 9.17) is 16.6 Å². The molecule has 0 unspecified atom stereocenters. The van der Waals surface area contributed by atoms with E-state index in [2.05, 4.69) is 0 Å². The normalized spacial score (nSPS) is 15.5. The predicted molar refractivity (Wildman–Crippen MR) is 112 cm³/mol. The van der Waals surface area contributed by atoms with Crippen molar-refractivity contribution in [1.29, 1.82) is 0 Å². The van der Waals surface area contributed by atoms with Crippen LogP contribution in [0.15, 0.2) is 58.1 Å². The van der Waals surface area contributed by atoms with Crippen LogP contribution in [0.4, 0.5) is 0 Å². The summed E-state index contributed by atoms with van der Waals surface area (Å²) in [5.74, 6) is 0.214. The van der Waals surface area contributed by atoms with Gasteiger partial charge in [-0.15, -0.1) is 0 Å². The highest BCUT2D eigenvalue weighted by Gasteiger charge is 2.32. The van der Waals surface area contributed by atoms with Crippen molar-refractivity contribution >= 4 is 46.2 Å². The fourth-order valence-electron chi connectivity index (χ4n) is 2.78. The van der Waals surface area contributed by atoms with Gasteiger partial charge in [-0.2, -0.15) is 0 Å². The largest absolute Gasteiger partial charge is 0.465 e. The Morgan fingerprint density at radius 2 is 2.04 bits per heavy atom. The molecule has 0 aliphatic carbocycles. The molecular weight excluding hydrogens is 396 g/mol. The number of carbonyl (C=O) groups excluding carboxylic acids is 2. The Kier molecular flexibility index (Phi) is 7.02. The number of hydrogen-bond acceptors (Lipinski definition) is 6. The van der Waals surface area contributed by atoms with E-state index >= 15 is 0 Å². The van der Waals surface area contributed by atoms with Crippen LogP contribution in [0.2, 0.25) is 0 Å². The van der Waals surface area contributed by atoms with Crippen molar-refractivity contribution in [3.8, 4) is 0 Å². The maximum absolute atomic E-state index is 12.6. The zero-order chi connectivity index (χ0) is 19.9. The number of carbonyl (C=O) groups is 2. The van der Waals surface area contributed by atoms with E-state index in [0.717, 1.165) is 5.56 Å². The Balaban J connectivity index is 1.60. The molecule has 0 saturated carbocycles. The average molecular weight is 417 g/mol. The summed E-state index contributed by atoms with van der Waals surface area (Å²) in [6, 6.07) is 13.1. The molecule has 2 amide bonds. The van der Waals surface area contributed by atoms with E-state index in [9.17, 15) is 14.7 Å². The molecular formula is C20H20N2O4S2. The molecule has 0 spiro atoms. The highest BCUT2D eigenvalue weighted by molar-refractivity contribution is 8.26. The van der Waals surface area contributed by atoms with Gasteiger partial charge in [0.25, 0.3) is 5.91 Å². The molecule has 0 atom stereocenters. The van der Waals surface area contributed by atoms with Crippen LogP contribution in [0.1, 0.15) is 17.7 Å². The van der Waals surface area contributed by atoms with Gasteiger partial charge in [-0.05, 0) is 17.7 Å². The molecule has 3 rings (SSSR count). The van der Waals surface area contributed by atoms with Gasteiger partial charge in [-0.25, -0.2) is 0 Å². The summed E-state index contributed by atoms with van der Waals surface area (Å²) < 4.78 is 5.66. The summed E-state index contributed by atoms with van der Waals surface area (Å²) in [6.45, 7) is 0.739. The van der Waals surface area contributed by atoms with Crippen molar-refractivity contribution in [3.63, 3.8) is 0 Å². The van der Waals surface area contributed by atoms with E-state index in [-0.39, 0.29) is 37.9 Å². The third kappa shape index (κ3) is 5.09. The summed E-state index contributed by atoms with van der Waals surface area (Å²) in [7, 11) is 0. The van der Waals surface area contributed by atoms with Crippen molar-refractivity contribution in [3.05, 3.63) is 65.0 Å². The van der Waals surface area contributed by atoms with Gasteiger partial charge >= 0.3 is 0 Å². The van der Waals surface area contributed by atoms with Gasteiger partial charge in [-0.1, -0.05) is 54.3 Å². The number of nitrogens with zero attached hydrogens (tertiary/aromatic N) is 2. The molecule has 2 heterocycles. The van der Waals surface area contributed by atoms with Crippen LogP contribution >= 0.6 is 24.0 Å². The average Bonchev–Trinajstić information content (AvgIpc) is 3.29. The Labute approximate surface area is 172 Å². The van der Waals surface area contributed by atoms with Crippen LogP contribution in [0, 0.1) is 0 Å². The minimum atomic E-state index is -0.226. The van der Waals surface area contributed by atoms with Crippen LogP contribution in [0.25, 0.3) is 6.08 Å². The van der Waals surface area contributed by atoms with Gasteiger partial charge in [0.15, 0.2) is 0 Å². The van der Waals surface area contributed by atoms with Crippen molar-refractivity contribution in [2.24, 2.45) is 0 Å². The Hall–Kier alpha value is -2.42. The third-order valence-corrected chi connectivity index (χ3v) is 5.56. The zero-order valence-corrected chi connectivity index (χ0v) is 16.7. The quantitative estimate of drug-likeness (QED) is 0.527. The number of aliphatic hydroxyl groups excluding tert-OH is 1. The second kappa shape index (κ2) is 9.68. The maximum atomic E-state index is 12.6. The molecule has 1 saturated heterocycles. The summed E-state index contributed by atoms with van der Waals surface area (Å²) >= 11 is 6.49. The van der Waals surface area contributed by atoms with E-state index < -0.39 is 0 Å². The summed E-state index contributed by atoms with van der Waals surface area (Å²) in [5, 5.41) is 9.29. The summed E-state index contributed by atoms with van der Waals surface area (Å²) in [5.41, 5.74) is 0.983. The molecule has 1 aliphatic rings. The highest BCUT2D eigenvalue weighted by atomic mass is 32.2. The first-order valence-corrected chi connectivity index (χ1v) is 10.0. The minimum Gasteiger partial charge on any atom is -0.465 e. The van der Waals surface area contributed by atoms with Gasteiger partial charge < -0.3 is 14.4 Å². The van der Waals surface area contributed by atoms with Crippen molar-refractivity contribution in [1.82, 2.24) is 9.80 Å². The number of thiocarbonyl (C=S) groups is 1. The van der Waals surface area contributed by atoms with Crippen molar-refractivity contribution < 1.29 is 19.1 Å². The topological polar surface area (TPSA) is 74.0 Å². The zero-order valence-electron chi connectivity index (χ0n) is 15.1. The molecule has 6 nitrogen and oxygen atoms in total. The van der Waals surface area contributed by atoms with Crippen LogP contribution in [-0.4, -0.2) is 50.7 Å². The van der Waals surface area contributed by atoms with Gasteiger partial charge in [0, 0.05) is 32.1 Å². The van der Waals surface area contributed by atoms with Gasteiger partial charge in [-0.3, -0.25) is 14.5 Å². The third-order valence-electron chi connectivity index (χ3n) is 4.18. The molecule has 28 heavy (non-hydrogen) atoms. The lowest BCUT2D eigenvalue weighted by Crippen LogP contribution is -2.37. The summed E-state index contributed by atoms with van der Waals surface area (Å²) in [6.07, 6.45) is 3.32. The molecule has 1 aromatic carbocycles. The molecule has 1 aromatic heterocycles. The number of rotatable bonds is 8. The second-order valence-electron chi connectivity index (χ2n) is 6.12. The van der Waals surface area contributed by atoms with Gasteiger partial charge in [0.05, 0.1) is 17.8 Å². The molecule has 1 aliphatic heterocycles. The second-order valence-corrected chi connectivity index (χ2v) is 7.80. The molecule has 8 heteroatoms. The number of amides is 2. The van der Waals surface area contributed by atoms with Crippen LogP contribution in [0.5, 0.6) is 0 Å². The molecule has 1 N–H and O–H groups in total. The fraction of sp³-hybridized carbons (Fsp3) is 0.250. The summed E-state index contributed by atoms with van der Waals surface area (Å²) in [4.78, 5) is 28.7. The van der Waals surface area contributed by atoms with Gasteiger partial charge in [0.1, 0.15) is 10.1 Å². The number of benzene rings is 1. The van der Waals surface area contributed by atoms with E-state index in [0.29, 0.717) is 21.5 Å². The van der Waals surface area contributed by atoms with Gasteiger partial charge in [0.2, 0.25) is 5.91 Å². The Morgan fingerprint density at radius 3 is 2.71 bits per heavy atom. The number of thioether (sulfide) groups is 1. The molecule has 2 aromatic rings. The van der Waals surface area contributed by atoms with Crippen LogP contribution in [-0.2, 0) is 16.1 Å².